The summed E-state index contributed by atoms with van der Waals surface area (Å²) in [6.45, 7) is 5.06. The fourth-order valence-corrected chi connectivity index (χ4v) is 5.68. The van der Waals surface area contributed by atoms with Gasteiger partial charge in [0.15, 0.2) is 0 Å². The van der Waals surface area contributed by atoms with E-state index in [9.17, 15) is 4.79 Å². The van der Waals surface area contributed by atoms with Crippen molar-refractivity contribution in [3.63, 3.8) is 0 Å². The zero-order valence-electron chi connectivity index (χ0n) is 16.3. The van der Waals surface area contributed by atoms with Crippen LogP contribution in [0.25, 0.3) is 21.8 Å². The van der Waals surface area contributed by atoms with Crippen molar-refractivity contribution in [2.75, 3.05) is 4.90 Å². The van der Waals surface area contributed by atoms with Gasteiger partial charge in [0.05, 0.1) is 5.25 Å². The van der Waals surface area contributed by atoms with Crippen molar-refractivity contribution < 1.29 is 4.79 Å². The van der Waals surface area contributed by atoms with Gasteiger partial charge in [0.2, 0.25) is 5.91 Å². The zero-order valence-corrected chi connectivity index (χ0v) is 17.9. The SMILES string of the molecule is CCn1c2ccccc2c2cc(N3C(=O)[C@@H](C)S[C@@H]3c3ccc(Cl)cc3)ccc21. The fourth-order valence-electron chi connectivity index (χ4n) is 4.27. The molecule has 146 valence electrons. The first-order valence-electron chi connectivity index (χ1n) is 9.83. The second-order valence-corrected chi connectivity index (χ2v) is 9.22. The number of halogens is 1. The van der Waals surface area contributed by atoms with E-state index in [4.69, 9.17) is 11.6 Å². The van der Waals surface area contributed by atoms with Crippen molar-refractivity contribution in [3.05, 3.63) is 77.3 Å². The van der Waals surface area contributed by atoms with Crippen LogP contribution in [0.15, 0.2) is 66.7 Å². The van der Waals surface area contributed by atoms with E-state index in [0.717, 1.165) is 17.8 Å². The van der Waals surface area contributed by atoms with Crippen molar-refractivity contribution in [1.82, 2.24) is 4.57 Å². The monoisotopic (exact) mass is 420 g/mol. The maximum absolute atomic E-state index is 13.1. The Hall–Kier alpha value is -2.43. The third-order valence-corrected chi connectivity index (χ3v) is 7.26. The maximum Gasteiger partial charge on any atom is 0.241 e. The van der Waals surface area contributed by atoms with E-state index in [1.165, 1.54) is 21.8 Å². The Bertz CT molecular complexity index is 1230. The lowest BCUT2D eigenvalue weighted by Crippen LogP contribution is -2.30. The van der Waals surface area contributed by atoms with Crippen LogP contribution < -0.4 is 4.90 Å². The molecule has 0 spiro atoms. The van der Waals surface area contributed by atoms with Crippen LogP contribution in [-0.2, 0) is 11.3 Å². The van der Waals surface area contributed by atoms with Crippen molar-refractivity contribution >= 4 is 56.8 Å². The van der Waals surface area contributed by atoms with Crippen molar-refractivity contribution in [2.24, 2.45) is 0 Å². The van der Waals surface area contributed by atoms with E-state index < -0.39 is 0 Å². The first-order valence-corrected chi connectivity index (χ1v) is 11.2. The van der Waals surface area contributed by atoms with Crippen LogP contribution in [0.1, 0.15) is 24.8 Å². The molecule has 2 atom stereocenters. The number of benzene rings is 3. The Morgan fingerprint density at radius 1 is 0.966 bits per heavy atom. The predicted molar refractivity (Wildman–Crippen MR) is 124 cm³/mol. The van der Waals surface area contributed by atoms with E-state index in [2.05, 4.69) is 54.0 Å². The molecule has 29 heavy (non-hydrogen) atoms. The summed E-state index contributed by atoms with van der Waals surface area (Å²) in [5.41, 5.74) is 4.46. The van der Waals surface area contributed by atoms with Gasteiger partial charge >= 0.3 is 0 Å². The van der Waals surface area contributed by atoms with Crippen LogP contribution in [0.2, 0.25) is 5.02 Å². The highest BCUT2D eigenvalue weighted by Gasteiger charge is 2.39. The lowest BCUT2D eigenvalue weighted by molar-refractivity contribution is -0.117. The number of aryl methyl sites for hydroxylation is 1. The number of nitrogens with zero attached hydrogens (tertiary/aromatic N) is 2. The summed E-state index contributed by atoms with van der Waals surface area (Å²) in [5, 5.41) is 2.99. The zero-order chi connectivity index (χ0) is 20.1. The van der Waals surface area contributed by atoms with Gasteiger partial charge in [0, 0.05) is 39.1 Å². The molecule has 1 fully saturated rings. The summed E-state index contributed by atoms with van der Waals surface area (Å²) in [5.74, 6) is 0.147. The molecule has 0 aliphatic carbocycles. The number of thioether (sulfide) groups is 1. The van der Waals surface area contributed by atoms with E-state index in [1.807, 2.05) is 36.1 Å². The fraction of sp³-hybridized carbons (Fsp3) is 0.208. The summed E-state index contributed by atoms with van der Waals surface area (Å²) >= 11 is 7.76. The molecule has 0 bridgehead atoms. The quantitative estimate of drug-likeness (QED) is 0.371. The van der Waals surface area contributed by atoms with E-state index in [1.54, 1.807) is 11.8 Å². The highest BCUT2D eigenvalue weighted by molar-refractivity contribution is 8.01. The molecular weight excluding hydrogens is 400 g/mol. The molecule has 0 radical (unpaired) electrons. The van der Waals surface area contributed by atoms with Gasteiger partial charge in [-0.3, -0.25) is 9.69 Å². The van der Waals surface area contributed by atoms with Crippen LogP contribution in [0.3, 0.4) is 0 Å². The number of aromatic nitrogens is 1. The first kappa shape index (κ1) is 18.6. The van der Waals surface area contributed by atoms with Gasteiger partial charge in [0.25, 0.3) is 0 Å². The molecule has 2 heterocycles. The number of para-hydroxylation sites is 1. The van der Waals surface area contributed by atoms with E-state index in [0.29, 0.717) is 5.02 Å². The third-order valence-electron chi connectivity index (χ3n) is 5.66. The average molecular weight is 421 g/mol. The number of anilines is 1. The van der Waals surface area contributed by atoms with Gasteiger partial charge in [-0.15, -0.1) is 11.8 Å². The van der Waals surface area contributed by atoms with Gasteiger partial charge in [-0.25, -0.2) is 0 Å². The highest BCUT2D eigenvalue weighted by atomic mass is 35.5. The van der Waals surface area contributed by atoms with Gasteiger partial charge in [-0.1, -0.05) is 41.9 Å². The van der Waals surface area contributed by atoms with Crippen LogP contribution in [-0.4, -0.2) is 15.7 Å². The minimum absolute atomic E-state index is 0.0493. The number of hydrogen-bond acceptors (Lipinski definition) is 2. The minimum Gasteiger partial charge on any atom is -0.341 e. The number of carbonyl (C=O) groups is 1. The minimum atomic E-state index is -0.0802. The van der Waals surface area contributed by atoms with Gasteiger partial charge in [-0.2, -0.15) is 0 Å². The van der Waals surface area contributed by atoms with Crippen molar-refractivity contribution in [1.29, 1.82) is 0 Å². The average Bonchev–Trinajstić information content (AvgIpc) is 3.22. The van der Waals surface area contributed by atoms with Crippen LogP contribution in [0, 0.1) is 0 Å². The number of rotatable bonds is 3. The first-order chi connectivity index (χ1) is 14.1. The van der Waals surface area contributed by atoms with Crippen molar-refractivity contribution in [2.45, 2.75) is 31.0 Å². The molecule has 1 aliphatic heterocycles. The normalized spacial score (nSPS) is 19.6. The smallest absolute Gasteiger partial charge is 0.241 e. The number of hydrogen-bond donors (Lipinski definition) is 0. The van der Waals surface area contributed by atoms with Crippen LogP contribution in [0.5, 0.6) is 0 Å². The summed E-state index contributed by atoms with van der Waals surface area (Å²) in [6, 6.07) is 22.7. The third kappa shape index (κ3) is 2.93. The number of fused-ring (bicyclic) bond motifs is 3. The van der Waals surface area contributed by atoms with E-state index in [-0.39, 0.29) is 16.5 Å². The molecule has 0 saturated carbocycles. The molecule has 5 heteroatoms. The molecule has 3 nitrogen and oxygen atoms in total. The topological polar surface area (TPSA) is 25.2 Å². The molecule has 3 aromatic carbocycles. The molecule has 0 N–H and O–H groups in total. The number of amides is 1. The molecule has 1 saturated heterocycles. The molecule has 1 aromatic heterocycles. The lowest BCUT2D eigenvalue weighted by atomic mass is 10.1. The molecule has 4 aromatic rings. The Morgan fingerprint density at radius 2 is 1.69 bits per heavy atom. The highest BCUT2D eigenvalue weighted by Crippen LogP contribution is 2.46. The maximum atomic E-state index is 13.1. The predicted octanol–water partition coefficient (Wildman–Crippen LogP) is 6.63. The van der Waals surface area contributed by atoms with Gasteiger partial charge < -0.3 is 4.57 Å². The Kier molecular flexibility index (Phi) is 4.56. The summed E-state index contributed by atoms with van der Waals surface area (Å²) in [4.78, 5) is 15.0. The van der Waals surface area contributed by atoms with Gasteiger partial charge in [-0.05, 0) is 55.8 Å². The molecule has 1 aliphatic rings. The summed E-state index contributed by atoms with van der Waals surface area (Å²) in [6.07, 6.45) is 0. The standard InChI is InChI=1S/C24H21ClN2OS/c1-3-26-21-7-5-4-6-19(21)20-14-18(12-13-22(20)26)27-23(28)15(2)29-24(27)16-8-10-17(25)11-9-16/h4-15,24H,3H2,1-2H3/t15-,24-/m1/s1. The largest absolute Gasteiger partial charge is 0.341 e. The molecule has 1 amide bonds. The molecule has 0 unspecified atom stereocenters. The Morgan fingerprint density at radius 3 is 2.45 bits per heavy atom. The lowest BCUT2D eigenvalue weighted by Gasteiger charge is -2.24. The second-order valence-electron chi connectivity index (χ2n) is 7.35. The Balaban J connectivity index is 1.67. The molecule has 5 rings (SSSR count). The van der Waals surface area contributed by atoms with Crippen molar-refractivity contribution in [3.8, 4) is 0 Å². The van der Waals surface area contributed by atoms with Gasteiger partial charge in [0.1, 0.15) is 5.37 Å². The van der Waals surface area contributed by atoms with Crippen LogP contribution >= 0.6 is 23.4 Å². The van der Waals surface area contributed by atoms with Crippen LogP contribution in [0.4, 0.5) is 5.69 Å². The molecular formula is C24H21ClN2OS. The number of carbonyl (C=O) groups excluding carboxylic acids is 1. The summed E-state index contributed by atoms with van der Waals surface area (Å²) < 4.78 is 2.33. The second kappa shape index (κ2) is 7.12. The van der Waals surface area contributed by atoms with E-state index >= 15 is 0 Å². The Labute approximate surface area is 179 Å². The summed E-state index contributed by atoms with van der Waals surface area (Å²) in [7, 11) is 0.